The summed E-state index contributed by atoms with van der Waals surface area (Å²) in [4.78, 5) is 39.3. The highest BCUT2D eigenvalue weighted by molar-refractivity contribution is 6.22. The Hall–Kier alpha value is -3.93. The van der Waals surface area contributed by atoms with E-state index >= 15 is 0 Å². The van der Waals surface area contributed by atoms with E-state index in [0.717, 1.165) is 16.9 Å². The molecule has 0 aromatic heterocycles. The van der Waals surface area contributed by atoms with Crippen LogP contribution in [0.15, 0.2) is 72.8 Å². The summed E-state index contributed by atoms with van der Waals surface area (Å²) in [6.07, 6.45) is 1.26. The maximum atomic E-state index is 12.8. The number of rotatable bonds is 8. The van der Waals surface area contributed by atoms with Gasteiger partial charge >= 0.3 is 0 Å². The zero-order valence-electron chi connectivity index (χ0n) is 17.8. The predicted octanol–water partition coefficient (Wildman–Crippen LogP) is 3.51. The van der Waals surface area contributed by atoms with Crippen molar-refractivity contribution in [1.82, 2.24) is 10.2 Å². The van der Waals surface area contributed by atoms with Crippen molar-refractivity contribution in [1.29, 1.82) is 0 Å². The van der Waals surface area contributed by atoms with Crippen LogP contribution in [0.25, 0.3) is 0 Å². The molecule has 0 spiro atoms. The lowest BCUT2D eigenvalue weighted by atomic mass is 10.1. The largest absolute Gasteiger partial charge is 0.497 e. The molecule has 4 rings (SSSR count). The van der Waals surface area contributed by atoms with Crippen LogP contribution in [0.3, 0.4) is 0 Å². The molecule has 1 aliphatic rings. The lowest BCUT2D eigenvalue weighted by Crippen LogP contribution is -2.31. The Morgan fingerprint density at radius 1 is 0.844 bits per heavy atom. The number of amides is 3. The number of methoxy groups -OCH3 is 1. The van der Waals surface area contributed by atoms with Crippen LogP contribution < -0.4 is 10.1 Å². The first-order chi connectivity index (χ1) is 15.6. The van der Waals surface area contributed by atoms with Gasteiger partial charge in [-0.05, 0) is 54.3 Å². The predicted molar refractivity (Wildman–Crippen MR) is 121 cm³/mol. The van der Waals surface area contributed by atoms with E-state index in [1.54, 1.807) is 19.2 Å². The molecule has 0 unspecified atom stereocenters. The number of imide groups is 1. The standard InChI is InChI=1S/C26H24N2O4/c1-32-21-10-7-19(8-11-21)13-15-27-24(29)20-9-12-22-23(17-20)26(31)28(25(22)30)16-14-18-5-3-2-4-6-18/h2-12,17H,13-16H2,1H3,(H,27,29). The molecule has 0 atom stereocenters. The van der Waals surface area contributed by atoms with Crippen molar-refractivity contribution in [2.24, 2.45) is 0 Å². The molecule has 0 radical (unpaired) electrons. The summed E-state index contributed by atoms with van der Waals surface area (Å²) in [5.74, 6) is -0.154. The fourth-order valence-corrected chi connectivity index (χ4v) is 3.74. The van der Waals surface area contributed by atoms with Gasteiger partial charge in [0.05, 0.1) is 18.2 Å². The highest BCUT2D eigenvalue weighted by Crippen LogP contribution is 2.24. The van der Waals surface area contributed by atoms with Crippen LogP contribution in [0.5, 0.6) is 5.75 Å². The zero-order valence-corrected chi connectivity index (χ0v) is 17.8. The van der Waals surface area contributed by atoms with E-state index in [-0.39, 0.29) is 23.3 Å². The minimum atomic E-state index is -0.353. The number of nitrogens with zero attached hydrogens (tertiary/aromatic N) is 1. The van der Waals surface area contributed by atoms with Crippen LogP contribution in [0.2, 0.25) is 0 Å². The highest BCUT2D eigenvalue weighted by Gasteiger charge is 2.35. The summed E-state index contributed by atoms with van der Waals surface area (Å²) in [5, 5.41) is 2.87. The van der Waals surface area contributed by atoms with Crippen molar-refractivity contribution in [3.8, 4) is 5.75 Å². The molecule has 6 nitrogen and oxygen atoms in total. The number of hydrogen-bond donors (Lipinski definition) is 1. The minimum absolute atomic E-state index is 0.274. The van der Waals surface area contributed by atoms with Crippen LogP contribution in [0, 0.1) is 0 Å². The molecule has 0 bridgehead atoms. The molecule has 0 saturated carbocycles. The van der Waals surface area contributed by atoms with E-state index in [1.807, 2.05) is 54.6 Å². The monoisotopic (exact) mass is 428 g/mol. The number of fused-ring (bicyclic) bond motifs is 1. The molecule has 3 aromatic carbocycles. The van der Waals surface area contributed by atoms with Gasteiger partial charge in [0.25, 0.3) is 17.7 Å². The first-order valence-corrected chi connectivity index (χ1v) is 10.5. The minimum Gasteiger partial charge on any atom is -0.497 e. The van der Waals surface area contributed by atoms with Gasteiger partial charge in [-0.1, -0.05) is 42.5 Å². The van der Waals surface area contributed by atoms with Gasteiger partial charge in [-0.15, -0.1) is 0 Å². The van der Waals surface area contributed by atoms with Gasteiger partial charge in [-0.25, -0.2) is 0 Å². The average Bonchev–Trinajstić information content (AvgIpc) is 3.07. The third kappa shape index (κ3) is 4.54. The van der Waals surface area contributed by atoms with Gasteiger partial charge in [0, 0.05) is 18.7 Å². The summed E-state index contributed by atoms with van der Waals surface area (Å²) in [6, 6.07) is 22.0. The van der Waals surface area contributed by atoms with E-state index in [0.29, 0.717) is 37.1 Å². The van der Waals surface area contributed by atoms with Crippen molar-refractivity contribution in [3.63, 3.8) is 0 Å². The van der Waals surface area contributed by atoms with Crippen LogP contribution >= 0.6 is 0 Å². The molecule has 6 heteroatoms. The van der Waals surface area contributed by atoms with Gasteiger partial charge < -0.3 is 10.1 Å². The first-order valence-electron chi connectivity index (χ1n) is 10.5. The Balaban J connectivity index is 1.37. The Morgan fingerprint density at radius 3 is 2.25 bits per heavy atom. The van der Waals surface area contributed by atoms with Gasteiger partial charge in [0.1, 0.15) is 5.75 Å². The topological polar surface area (TPSA) is 75.7 Å². The quantitative estimate of drug-likeness (QED) is 0.557. The lowest BCUT2D eigenvalue weighted by molar-refractivity contribution is 0.0656. The molecule has 0 fully saturated rings. The van der Waals surface area contributed by atoms with Crippen molar-refractivity contribution < 1.29 is 19.1 Å². The second-order valence-electron chi connectivity index (χ2n) is 7.61. The van der Waals surface area contributed by atoms with E-state index < -0.39 is 0 Å². The summed E-state index contributed by atoms with van der Waals surface area (Å²) >= 11 is 0. The van der Waals surface area contributed by atoms with E-state index in [4.69, 9.17) is 4.74 Å². The number of ether oxygens (including phenoxy) is 1. The number of carbonyl (C=O) groups is 3. The fraction of sp³-hybridized carbons (Fsp3) is 0.192. The molecule has 1 N–H and O–H groups in total. The maximum absolute atomic E-state index is 12.8. The first kappa shape index (κ1) is 21.3. The van der Waals surface area contributed by atoms with Crippen molar-refractivity contribution in [2.75, 3.05) is 20.2 Å². The maximum Gasteiger partial charge on any atom is 0.261 e. The molecule has 0 saturated heterocycles. The van der Waals surface area contributed by atoms with Gasteiger partial charge in [-0.2, -0.15) is 0 Å². The van der Waals surface area contributed by atoms with Gasteiger partial charge in [0.15, 0.2) is 0 Å². The Morgan fingerprint density at radius 2 is 1.53 bits per heavy atom. The number of benzene rings is 3. The fourth-order valence-electron chi connectivity index (χ4n) is 3.74. The van der Waals surface area contributed by atoms with Crippen molar-refractivity contribution in [3.05, 3.63) is 101 Å². The lowest BCUT2D eigenvalue weighted by Gasteiger charge is -2.13. The summed E-state index contributed by atoms with van der Waals surface area (Å²) in [6.45, 7) is 0.762. The molecule has 3 aromatic rings. The zero-order chi connectivity index (χ0) is 22.5. The Kier molecular flexibility index (Phi) is 6.31. The Labute approximate surface area is 186 Å². The van der Waals surface area contributed by atoms with Crippen molar-refractivity contribution in [2.45, 2.75) is 12.8 Å². The van der Waals surface area contributed by atoms with Gasteiger partial charge in [0.2, 0.25) is 0 Å². The van der Waals surface area contributed by atoms with E-state index in [1.165, 1.54) is 11.0 Å². The number of hydrogen-bond acceptors (Lipinski definition) is 4. The molecule has 162 valence electrons. The molecular formula is C26H24N2O4. The third-order valence-corrected chi connectivity index (χ3v) is 5.56. The highest BCUT2D eigenvalue weighted by atomic mass is 16.5. The summed E-state index contributed by atoms with van der Waals surface area (Å²) in [5.41, 5.74) is 3.13. The van der Waals surface area contributed by atoms with E-state index in [9.17, 15) is 14.4 Å². The van der Waals surface area contributed by atoms with Gasteiger partial charge in [-0.3, -0.25) is 19.3 Å². The molecule has 3 amide bonds. The normalized spacial score (nSPS) is 12.6. The number of carbonyl (C=O) groups excluding carboxylic acids is 3. The summed E-state index contributed by atoms with van der Waals surface area (Å²) < 4.78 is 5.14. The van der Waals surface area contributed by atoms with Crippen LogP contribution in [-0.4, -0.2) is 42.8 Å². The second kappa shape index (κ2) is 9.47. The van der Waals surface area contributed by atoms with E-state index in [2.05, 4.69) is 5.32 Å². The summed E-state index contributed by atoms with van der Waals surface area (Å²) in [7, 11) is 1.62. The molecule has 32 heavy (non-hydrogen) atoms. The molecule has 1 heterocycles. The van der Waals surface area contributed by atoms with Crippen molar-refractivity contribution >= 4 is 17.7 Å². The smallest absolute Gasteiger partial charge is 0.261 e. The molecule has 0 aliphatic carbocycles. The number of nitrogens with one attached hydrogen (secondary N) is 1. The second-order valence-corrected chi connectivity index (χ2v) is 7.61. The SMILES string of the molecule is COc1ccc(CCNC(=O)c2ccc3c(c2)C(=O)N(CCc2ccccc2)C3=O)cc1. The third-order valence-electron chi connectivity index (χ3n) is 5.56. The Bertz CT molecular complexity index is 1140. The average molecular weight is 428 g/mol. The molecule has 1 aliphatic heterocycles. The van der Waals surface area contributed by atoms with Crippen LogP contribution in [0.4, 0.5) is 0 Å². The van der Waals surface area contributed by atoms with Crippen LogP contribution in [0.1, 0.15) is 42.2 Å². The van der Waals surface area contributed by atoms with Crippen LogP contribution in [-0.2, 0) is 12.8 Å². The molecular weight excluding hydrogens is 404 g/mol.